The van der Waals surface area contributed by atoms with Crippen LogP contribution >= 0.6 is 21.4 Å². The lowest BCUT2D eigenvalue weighted by Crippen LogP contribution is -2.13. The van der Waals surface area contributed by atoms with E-state index in [0.29, 0.717) is 16.9 Å². The van der Waals surface area contributed by atoms with Crippen LogP contribution < -0.4 is 11.1 Å². The van der Waals surface area contributed by atoms with Gasteiger partial charge >= 0.3 is 0 Å². The molecule has 0 bridgehead atoms. The number of thiophene rings is 1. The number of rotatable bonds is 6. The lowest BCUT2D eigenvalue weighted by atomic mass is 10.1. The minimum Gasteiger partial charge on any atom is -0.397 e. The van der Waals surface area contributed by atoms with E-state index in [1.54, 1.807) is 11.3 Å². The first kappa shape index (κ1) is 19.5. The molecule has 1 amide bonds. The maximum absolute atomic E-state index is 12.7. The normalized spacial score (nSPS) is 12.0. The molecule has 4 N–H and O–H groups in total. The van der Waals surface area contributed by atoms with Crippen LogP contribution in [0.5, 0.6) is 0 Å². The summed E-state index contributed by atoms with van der Waals surface area (Å²) < 4.78 is 0. The third kappa shape index (κ3) is 4.53. The second-order valence-electron chi connectivity index (χ2n) is 6.72. The van der Waals surface area contributed by atoms with Gasteiger partial charge in [-0.2, -0.15) is 0 Å². The molecular weight excluding hydrogens is 376 g/mol. The number of benzene rings is 2. The largest absolute Gasteiger partial charge is 0.397 e. The van der Waals surface area contributed by atoms with Gasteiger partial charge in [0, 0.05) is 16.2 Å². The monoisotopic (exact) mass is 400 g/mol. The number of anilines is 2. The SMILES string of the molecule is CS(C)(CCO)c1ccc(C(=O)Nc2cc(-c3cccs3)ccc2N)cc1. The molecule has 0 unspecified atom stereocenters. The minimum absolute atomic E-state index is 0.171. The second-order valence-corrected chi connectivity index (χ2v) is 11.6. The van der Waals surface area contributed by atoms with Crippen LogP contribution in [0.15, 0.2) is 64.9 Å². The number of carbonyl (C=O) groups is 1. The van der Waals surface area contributed by atoms with Gasteiger partial charge in [0.1, 0.15) is 0 Å². The number of nitrogen functional groups attached to an aromatic ring is 1. The summed E-state index contributed by atoms with van der Waals surface area (Å²) in [6.45, 7) is 0.171. The van der Waals surface area contributed by atoms with Crippen LogP contribution in [0, 0.1) is 0 Å². The van der Waals surface area contributed by atoms with Crippen molar-refractivity contribution < 1.29 is 9.90 Å². The fourth-order valence-corrected chi connectivity index (χ4v) is 5.06. The van der Waals surface area contributed by atoms with Gasteiger partial charge in [-0.15, -0.1) is 11.3 Å². The maximum atomic E-state index is 12.7. The van der Waals surface area contributed by atoms with Crippen molar-refractivity contribution in [2.45, 2.75) is 4.90 Å². The zero-order valence-corrected chi connectivity index (χ0v) is 17.1. The molecule has 0 saturated carbocycles. The number of hydrogen-bond acceptors (Lipinski definition) is 4. The Morgan fingerprint density at radius 3 is 2.52 bits per heavy atom. The number of nitrogens with one attached hydrogen (secondary N) is 1. The first-order chi connectivity index (χ1) is 12.9. The van der Waals surface area contributed by atoms with Crippen molar-refractivity contribution >= 4 is 38.6 Å². The van der Waals surface area contributed by atoms with E-state index in [9.17, 15) is 9.90 Å². The molecule has 3 aromatic rings. The highest BCUT2D eigenvalue weighted by Crippen LogP contribution is 2.48. The van der Waals surface area contributed by atoms with Crippen LogP contribution in [0.2, 0.25) is 0 Å². The Morgan fingerprint density at radius 1 is 1.15 bits per heavy atom. The van der Waals surface area contributed by atoms with Crippen molar-refractivity contribution in [3.63, 3.8) is 0 Å². The van der Waals surface area contributed by atoms with Gasteiger partial charge in [0.2, 0.25) is 0 Å². The Labute approximate surface area is 165 Å². The van der Waals surface area contributed by atoms with Crippen LogP contribution in [-0.2, 0) is 0 Å². The highest BCUT2D eigenvalue weighted by molar-refractivity contribution is 8.32. The van der Waals surface area contributed by atoms with Crippen LogP contribution in [0.3, 0.4) is 0 Å². The summed E-state index contributed by atoms with van der Waals surface area (Å²) in [5.41, 5.74) is 8.81. The summed E-state index contributed by atoms with van der Waals surface area (Å²) in [7, 11) is -1.05. The molecule has 0 fully saturated rings. The molecule has 2 aromatic carbocycles. The van der Waals surface area contributed by atoms with Gasteiger partial charge in [0.15, 0.2) is 0 Å². The predicted molar refractivity (Wildman–Crippen MR) is 118 cm³/mol. The second kappa shape index (κ2) is 8.17. The lowest BCUT2D eigenvalue weighted by molar-refractivity contribution is 0.102. The Balaban J connectivity index is 1.78. The van der Waals surface area contributed by atoms with E-state index in [1.165, 1.54) is 4.90 Å². The van der Waals surface area contributed by atoms with E-state index in [-0.39, 0.29) is 12.5 Å². The molecule has 0 aliphatic rings. The third-order valence-electron chi connectivity index (χ3n) is 4.46. The van der Waals surface area contributed by atoms with Crippen molar-refractivity contribution in [3.8, 4) is 10.4 Å². The Morgan fingerprint density at radius 2 is 1.89 bits per heavy atom. The molecule has 142 valence electrons. The van der Waals surface area contributed by atoms with Crippen molar-refractivity contribution in [2.24, 2.45) is 0 Å². The Kier molecular flexibility index (Phi) is 5.89. The number of aliphatic hydroxyl groups excluding tert-OH is 1. The predicted octanol–water partition coefficient (Wildman–Crippen LogP) is 4.67. The van der Waals surface area contributed by atoms with Crippen LogP contribution in [0.1, 0.15) is 10.4 Å². The number of nitrogens with two attached hydrogens (primary N) is 1. The first-order valence-electron chi connectivity index (χ1n) is 8.57. The summed E-state index contributed by atoms with van der Waals surface area (Å²) in [5.74, 6) is 0.566. The summed E-state index contributed by atoms with van der Waals surface area (Å²) in [6, 6.07) is 17.3. The van der Waals surface area contributed by atoms with Crippen molar-refractivity contribution in [1.29, 1.82) is 0 Å². The highest BCUT2D eigenvalue weighted by Gasteiger charge is 2.15. The van der Waals surface area contributed by atoms with E-state index in [1.807, 2.05) is 60.0 Å². The molecule has 0 spiro atoms. The highest BCUT2D eigenvalue weighted by atomic mass is 32.3. The molecule has 6 heteroatoms. The molecule has 3 rings (SSSR count). The smallest absolute Gasteiger partial charge is 0.255 e. The molecule has 27 heavy (non-hydrogen) atoms. The lowest BCUT2D eigenvalue weighted by Gasteiger charge is -2.30. The standard InChI is InChI=1S/C21H24N2O2S2/c1-27(2,13-11-24)17-8-5-15(6-9-17)21(25)23-19-14-16(7-10-18(19)22)20-4-3-12-26-20/h3-10,12,14,24H,11,13,22H2,1-2H3,(H,23,25). The zero-order chi connectivity index (χ0) is 19.4. The molecule has 0 atom stereocenters. The average Bonchev–Trinajstić information content (AvgIpc) is 3.18. The first-order valence-corrected chi connectivity index (χ1v) is 12.1. The summed E-state index contributed by atoms with van der Waals surface area (Å²) in [4.78, 5) is 15.0. The molecule has 4 nitrogen and oxygen atoms in total. The zero-order valence-electron chi connectivity index (χ0n) is 15.4. The Bertz CT molecular complexity index is 920. The number of amides is 1. The molecule has 1 aromatic heterocycles. The molecule has 0 aliphatic heterocycles. The summed E-state index contributed by atoms with van der Waals surface area (Å²) in [5, 5.41) is 14.2. The Hall–Kier alpha value is -2.28. The van der Waals surface area contributed by atoms with E-state index in [0.717, 1.165) is 16.2 Å². The fraction of sp³-hybridized carbons (Fsp3) is 0.190. The molecular formula is C21H24N2O2S2. The maximum Gasteiger partial charge on any atom is 0.255 e. The molecule has 0 radical (unpaired) electrons. The van der Waals surface area contributed by atoms with Crippen molar-refractivity contribution in [1.82, 2.24) is 0 Å². The number of hydrogen-bond donors (Lipinski definition) is 3. The number of carbonyl (C=O) groups excluding carboxylic acids is 1. The van der Waals surface area contributed by atoms with Gasteiger partial charge in [0.25, 0.3) is 5.91 Å². The molecule has 0 saturated heterocycles. The van der Waals surface area contributed by atoms with Gasteiger partial charge in [0.05, 0.1) is 18.0 Å². The van der Waals surface area contributed by atoms with Gasteiger partial charge in [-0.05, 0) is 70.8 Å². The summed E-state index contributed by atoms with van der Waals surface area (Å²) in [6.07, 6.45) is 4.32. The summed E-state index contributed by atoms with van der Waals surface area (Å²) >= 11 is 1.64. The third-order valence-corrected chi connectivity index (χ3v) is 8.13. The van der Waals surface area contributed by atoms with Crippen LogP contribution in [0.25, 0.3) is 10.4 Å². The van der Waals surface area contributed by atoms with E-state index >= 15 is 0 Å². The minimum atomic E-state index is -1.05. The average molecular weight is 401 g/mol. The van der Waals surface area contributed by atoms with Gasteiger partial charge in [-0.25, -0.2) is 10.0 Å². The van der Waals surface area contributed by atoms with Crippen molar-refractivity contribution in [3.05, 3.63) is 65.5 Å². The quantitative estimate of drug-likeness (QED) is 0.527. The van der Waals surface area contributed by atoms with Gasteiger partial charge < -0.3 is 16.2 Å². The van der Waals surface area contributed by atoms with Gasteiger partial charge in [-0.3, -0.25) is 4.79 Å². The van der Waals surface area contributed by atoms with Crippen LogP contribution in [0.4, 0.5) is 11.4 Å². The van der Waals surface area contributed by atoms with Crippen molar-refractivity contribution in [2.75, 3.05) is 35.9 Å². The molecule has 1 heterocycles. The van der Waals surface area contributed by atoms with Gasteiger partial charge in [-0.1, -0.05) is 12.1 Å². The van der Waals surface area contributed by atoms with E-state index in [2.05, 4.69) is 17.8 Å². The molecule has 0 aliphatic carbocycles. The fourth-order valence-electron chi connectivity index (χ4n) is 2.78. The number of aliphatic hydroxyl groups is 1. The van der Waals surface area contributed by atoms with E-state index in [4.69, 9.17) is 5.73 Å². The van der Waals surface area contributed by atoms with Crippen LogP contribution in [-0.4, -0.2) is 35.9 Å². The topological polar surface area (TPSA) is 75.3 Å². The van der Waals surface area contributed by atoms with E-state index < -0.39 is 10.0 Å².